The summed E-state index contributed by atoms with van der Waals surface area (Å²) >= 11 is 0. The molecule has 1 aromatic carbocycles. The molecule has 148 valence electrons. The van der Waals surface area contributed by atoms with Gasteiger partial charge in [0.15, 0.2) is 0 Å². The minimum absolute atomic E-state index is 0.0908. The third-order valence-electron chi connectivity index (χ3n) is 5.12. The van der Waals surface area contributed by atoms with Crippen LogP contribution in [0, 0.1) is 0 Å². The van der Waals surface area contributed by atoms with Gasteiger partial charge in [-0.05, 0) is 36.6 Å². The van der Waals surface area contributed by atoms with Crippen LogP contribution in [-0.4, -0.2) is 51.0 Å². The van der Waals surface area contributed by atoms with E-state index in [1.54, 1.807) is 30.3 Å². The summed E-state index contributed by atoms with van der Waals surface area (Å²) < 4.78 is 31.9. The molecule has 1 heterocycles. The molecular formula is C20H28N2O4S. The molecule has 0 aromatic heterocycles. The highest BCUT2D eigenvalue weighted by molar-refractivity contribution is 7.89. The van der Waals surface area contributed by atoms with E-state index in [9.17, 15) is 13.2 Å². The number of ether oxygens (including phenoxy) is 1. The molecule has 0 bridgehead atoms. The van der Waals surface area contributed by atoms with Gasteiger partial charge in [0.05, 0.1) is 18.1 Å². The molecule has 3 rings (SSSR count). The summed E-state index contributed by atoms with van der Waals surface area (Å²) in [6, 6.07) is 6.90. The fourth-order valence-corrected chi connectivity index (χ4v) is 4.94. The van der Waals surface area contributed by atoms with Gasteiger partial charge in [0, 0.05) is 25.2 Å². The highest BCUT2D eigenvalue weighted by Gasteiger charge is 2.25. The van der Waals surface area contributed by atoms with Crippen molar-refractivity contribution >= 4 is 22.0 Å². The van der Waals surface area contributed by atoms with E-state index < -0.39 is 10.0 Å². The van der Waals surface area contributed by atoms with E-state index in [1.165, 1.54) is 36.1 Å². The molecule has 1 aliphatic heterocycles. The first-order valence-electron chi connectivity index (χ1n) is 9.72. The van der Waals surface area contributed by atoms with Crippen LogP contribution in [0.2, 0.25) is 0 Å². The van der Waals surface area contributed by atoms with Crippen LogP contribution in [-0.2, 0) is 19.6 Å². The van der Waals surface area contributed by atoms with Gasteiger partial charge in [-0.2, -0.15) is 4.31 Å². The van der Waals surface area contributed by atoms with Crippen molar-refractivity contribution in [2.45, 2.75) is 49.5 Å². The van der Waals surface area contributed by atoms with Crippen LogP contribution in [0.1, 0.15) is 44.1 Å². The summed E-state index contributed by atoms with van der Waals surface area (Å²) in [5.41, 5.74) is 0.798. The summed E-state index contributed by atoms with van der Waals surface area (Å²) in [7, 11) is -3.48. The Morgan fingerprint density at radius 2 is 1.67 bits per heavy atom. The molecule has 1 aromatic rings. The zero-order valence-electron chi connectivity index (χ0n) is 15.6. The first-order chi connectivity index (χ1) is 13.1. The normalized spacial score (nSPS) is 20.4. The maximum Gasteiger partial charge on any atom is 0.244 e. The maximum absolute atomic E-state index is 12.6. The van der Waals surface area contributed by atoms with Gasteiger partial charge < -0.3 is 10.1 Å². The SMILES string of the molecule is O=C(C=Cc1ccc(S(=O)(=O)N2CCOCC2)cc1)NC1CCCCCC1. The lowest BCUT2D eigenvalue weighted by Crippen LogP contribution is -2.40. The lowest BCUT2D eigenvalue weighted by atomic mass is 10.1. The number of carbonyl (C=O) groups is 1. The molecule has 2 aliphatic rings. The second-order valence-electron chi connectivity index (χ2n) is 7.12. The van der Waals surface area contributed by atoms with Crippen molar-refractivity contribution in [1.82, 2.24) is 9.62 Å². The van der Waals surface area contributed by atoms with E-state index in [1.807, 2.05) is 0 Å². The molecule has 1 amide bonds. The fraction of sp³-hybridized carbons (Fsp3) is 0.550. The summed E-state index contributed by atoms with van der Waals surface area (Å²) in [6.45, 7) is 1.61. The number of morpholine rings is 1. The molecule has 0 atom stereocenters. The number of benzene rings is 1. The number of sulfonamides is 1. The van der Waals surface area contributed by atoms with Crippen molar-refractivity contribution in [2.75, 3.05) is 26.3 Å². The topological polar surface area (TPSA) is 75.7 Å². The molecule has 6 nitrogen and oxygen atoms in total. The summed E-state index contributed by atoms with van der Waals surface area (Å²) in [5, 5.41) is 3.07. The Kier molecular flexibility index (Phi) is 7.04. The first-order valence-corrected chi connectivity index (χ1v) is 11.2. The second kappa shape index (κ2) is 9.48. The second-order valence-corrected chi connectivity index (χ2v) is 9.05. The highest BCUT2D eigenvalue weighted by Crippen LogP contribution is 2.19. The van der Waals surface area contributed by atoms with Crippen LogP contribution in [0.5, 0.6) is 0 Å². The molecule has 0 unspecified atom stereocenters. The quantitative estimate of drug-likeness (QED) is 0.617. The number of carbonyl (C=O) groups excluding carboxylic acids is 1. The Bertz CT molecular complexity index is 745. The van der Waals surface area contributed by atoms with E-state index >= 15 is 0 Å². The maximum atomic E-state index is 12.6. The largest absolute Gasteiger partial charge is 0.379 e. The van der Waals surface area contributed by atoms with Crippen LogP contribution >= 0.6 is 0 Å². The van der Waals surface area contributed by atoms with Gasteiger partial charge in [0.25, 0.3) is 0 Å². The minimum Gasteiger partial charge on any atom is -0.379 e. The van der Waals surface area contributed by atoms with E-state index in [0.717, 1.165) is 18.4 Å². The molecule has 1 N–H and O–H groups in total. The van der Waals surface area contributed by atoms with E-state index in [-0.39, 0.29) is 16.8 Å². The number of amides is 1. The molecule has 0 radical (unpaired) electrons. The van der Waals surface area contributed by atoms with Gasteiger partial charge in [0.1, 0.15) is 0 Å². The predicted octanol–water partition coefficient (Wildman–Crippen LogP) is 2.56. The van der Waals surface area contributed by atoms with Crippen molar-refractivity contribution in [1.29, 1.82) is 0 Å². The van der Waals surface area contributed by atoms with Crippen molar-refractivity contribution in [2.24, 2.45) is 0 Å². The number of rotatable bonds is 5. The van der Waals surface area contributed by atoms with Crippen molar-refractivity contribution in [3.63, 3.8) is 0 Å². The average Bonchev–Trinajstić information content (AvgIpc) is 2.96. The zero-order chi connectivity index (χ0) is 19.1. The van der Waals surface area contributed by atoms with Crippen molar-refractivity contribution < 1.29 is 17.9 Å². The fourth-order valence-electron chi connectivity index (χ4n) is 3.53. The first kappa shape index (κ1) is 20.0. The van der Waals surface area contributed by atoms with Crippen molar-refractivity contribution in [3.8, 4) is 0 Å². The van der Waals surface area contributed by atoms with Gasteiger partial charge in [-0.3, -0.25) is 4.79 Å². The Labute approximate surface area is 161 Å². The molecule has 7 heteroatoms. The van der Waals surface area contributed by atoms with Gasteiger partial charge in [-0.25, -0.2) is 8.42 Å². The predicted molar refractivity (Wildman–Crippen MR) is 105 cm³/mol. The van der Waals surface area contributed by atoms with Gasteiger partial charge in [-0.15, -0.1) is 0 Å². The number of nitrogens with one attached hydrogen (secondary N) is 1. The highest BCUT2D eigenvalue weighted by atomic mass is 32.2. The number of hydrogen-bond donors (Lipinski definition) is 1. The van der Waals surface area contributed by atoms with Crippen LogP contribution in [0.4, 0.5) is 0 Å². The summed E-state index contributed by atoms with van der Waals surface area (Å²) in [4.78, 5) is 12.4. The molecule has 1 saturated heterocycles. The Hall–Kier alpha value is -1.70. The minimum atomic E-state index is -3.48. The summed E-state index contributed by atoms with van der Waals surface area (Å²) in [6.07, 6.45) is 10.2. The van der Waals surface area contributed by atoms with Gasteiger partial charge in [0.2, 0.25) is 15.9 Å². The lowest BCUT2D eigenvalue weighted by molar-refractivity contribution is -0.117. The molecule has 2 fully saturated rings. The Balaban J connectivity index is 1.58. The molecule has 1 saturated carbocycles. The standard InChI is InChI=1S/C20H28N2O4S/c23-20(21-18-5-3-1-2-4-6-18)12-9-17-7-10-19(11-8-17)27(24,25)22-13-15-26-16-14-22/h7-12,18H,1-6,13-16H2,(H,21,23). The number of hydrogen-bond acceptors (Lipinski definition) is 4. The van der Waals surface area contributed by atoms with Crippen LogP contribution < -0.4 is 5.32 Å². The molecule has 0 spiro atoms. The van der Waals surface area contributed by atoms with Crippen LogP contribution in [0.15, 0.2) is 35.2 Å². The van der Waals surface area contributed by atoms with Gasteiger partial charge in [-0.1, -0.05) is 37.8 Å². The van der Waals surface area contributed by atoms with Crippen molar-refractivity contribution in [3.05, 3.63) is 35.9 Å². The van der Waals surface area contributed by atoms with Crippen LogP contribution in [0.25, 0.3) is 6.08 Å². The molecular weight excluding hydrogens is 364 g/mol. The molecule has 27 heavy (non-hydrogen) atoms. The van der Waals surface area contributed by atoms with E-state index in [2.05, 4.69) is 5.32 Å². The third-order valence-corrected chi connectivity index (χ3v) is 7.03. The molecule has 1 aliphatic carbocycles. The zero-order valence-corrected chi connectivity index (χ0v) is 16.4. The lowest BCUT2D eigenvalue weighted by Gasteiger charge is -2.26. The van der Waals surface area contributed by atoms with Gasteiger partial charge >= 0.3 is 0 Å². The smallest absolute Gasteiger partial charge is 0.244 e. The van der Waals surface area contributed by atoms with E-state index in [0.29, 0.717) is 26.3 Å². The number of nitrogens with zero attached hydrogens (tertiary/aromatic N) is 1. The van der Waals surface area contributed by atoms with Crippen LogP contribution in [0.3, 0.4) is 0 Å². The summed E-state index contributed by atoms with van der Waals surface area (Å²) in [5.74, 6) is -0.0908. The Morgan fingerprint density at radius 3 is 2.30 bits per heavy atom. The monoisotopic (exact) mass is 392 g/mol. The Morgan fingerprint density at radius 1 is 1.04 bits per heavy atom. The van der Waals surface area contributed by atoms with E-state index in [4.69, 9.17) is 4.74 Å². The average molecular weight is 393 g/mol. The third kappa shape index (κ3) is 5.64.